The van der Waals surface area contributed by atoms with Crippen molar-refractivity contribution in [3.8, 4) is 0 Å². The maximum absolute atomic E-state index is 11.9. The molecule has 2 aromatic carbocycles. The Bertz CT molecular complexity index is 552. The Morgan fingerprint density at radius 2 is 1.25 bits per heavy atom. The van der Waals surface area contributed by atoms with Crippen molar-refractivity contribution in [1.82, 2.24) is 0 Å². The molecule has 0 amide bonds. The van der Waals surface area contributed by atoms with Crippen molar-refractivity contribution < 1.29 is 14.3 Å². The summed E-state index contributed by atoms with van der Waals surface area (Å²) in [4.78, 5) is 23.6. The number of carbonyl (C=O) groups is 2. The lowest BCUT2D eigenvalue weighted by molar-refractivity contribution is 0.0475. The van der Waals surface area contributed by atoms with Gasteiger partial charge >= 0.3 is 5.97 Å². The predicted molar refractivity (Wildman–Crippen MR) is 77.0 cm³/mol. The predicted octanol–water partition coefficient (Wildman–Crippen LogP) is 3.34. The van der Waals surface area contributed by atoms with Crippen molar-refractivity contribution in [3.63, 3.8) is 0 Å². The van der Waals surface area contributed by atoms with Gasteiger partial charge in [0.15, 0.2) is 12.4 Å². The van der Waals surface area contributed by atoms with E-state index < -0.39 is 5.97 Å². The number of esters is 1. The second-order valence-electron chi connectivity index (χ2n) is 4.73. The molecule has 0 fully saturated rings. The minimum Gasteiger partial charge on any atom is -0.454 e. The zero-order valence-corrected chi connectivity index (χ0v) is 11.6. The first-order valence-electron chi connectivity index (χ1n) is 6.40. The monoisotopic (exact) mass is 268 g/mol. The molecule has 0 aromatic heterocycles. The number of hydrogen-bond donors (Lipinski definition) is 0. The largest absolute Gasteiger partial charge is 0.454 e. The number of benzene rings is 2. The molecule has 3 heteroatoms. The average molecular weight is 268 g/mol. The van der Waals surface area contributed by atoms with Crippen LogP contribution >= 0.6 is 0 Å². The van der Waals surface area contributed by atoms with Crippen molar-refractivity contribution >= 4 is 11.8 Å². The Morgan fingerprint density at radius 3 is 1.75 bits per heavy atom. The van der Waals surface area contributed by atoms with Gasteiger partial charge in [0.2, 0.25) is 0 Å². The SMILES string of the molecule is Cc1ccc(C(=O)COC(=O)c2ccc(C)cc2)cc1. The van der Waals surface area contributed by atoms with Gasteiger partial charge in [0.25, 0.3) is 0 Å². The molecule has 2 rings (SSSR count). The van der Waals surface area contributed by atoms with Crippen molar-refractivity contribution in [1.29, 1.82) is 0 Å². The Balaban J connectivity index is 1.94. The molecular formula is C17H16O3. The van der Waals surface area contributed by atoms with Crippen molar-refractivity contribution in [3.05, 3.63) is 70.8 Å². The number of Topliss-reactive ketones (excluding diaryl/α,β-unsaturated/α-hetero) is 1. The summed E-state index contributed by atoms with van der Waals surface area (Å²) in [6, 6.07) is 14.2. The van der Waals surface area contributed by atoms with E-state index in [1.165, 1.54) is 0 Å². The molecule has 3 nitrogen and oxygen atoms in total. The van der Waals surface area contributed by atoms with Gasteiger partial charge in [-0.25, -0.2) is 4.79 Å². The third-order valence-corrected chi connectivity index (χ3v) is 3.00. The fourth-order valence-corrected chi connectivity index (χ4v) is 1.73. The van der Waals surface area contributed by atoms with E-state index >= 15 is 0 Å². The summed E-state index contributed by atoms with van der Waals surface area (Å²) in [5, 5.41) is 0. The minimum atomic E-state index is -0.481. The topological polar surface area (TPSA) is 43.4 Å². The first kappa shape index (κ1) is 14.0. The molecule has 102 valence electrons. The van der Waals surface area contributed by atoms with Crippen LogP contribution in [0.3, 0.4) is 0 Å². The van der Waals surface area contributed by atoms with Crippen LogP contribution in [0, 0.1) is 13.8 Å². The normalized spacial score (nSPS) is 10.1. The van der Waals surface area contributed by atoms with E-state index in [1.807, 2.05) is 38.1 Å². The molecule has 0 saturated heterocycles. The van der Waals surface area contributed by atoms with Crippen molar-refractivity contribution in [2.24, 2.45) is 0 Å². The zero-order valence-electron chi connectivity index (χ0n) is 11.6. The van der Waals surface area contributed by atoms with Crippen LogP contribution in [0.15, 0.2) is 48.5 Å². The summed E-state index contributed by atoms with van der Waals surface area (Å²) in [5.41, 5.74) is 3.15. The van der Waals surface area contributed by atoms with Gasteiger partial charge in [0.05, 0.1) is 5.56 Å². The highest BCUT2D eigenvalue weighted by molar-refractivity contribution is 5.99. The molecule has 0 N–H and O–H groups in total. The molecule has 2 aromatic rings. The third kappa shape index (κ3) is 3.54. The number of hydrogen-bond acceptors (Lipinski definition) is 3. The fourth-order valence-electron chi connectivity index (χ4n) is 1.73. The van der Waals surface area contributed by atoms with Crippen LogP contribution in [0.2, 0.25) is 0 Å². The first-order chi connectivity index (χ1) is 9.56. The highest BCUT2D eigenvalue weighted by atomic mass is 16.5. The lowest BCUT2D eigenvalue weighted by Gasteiger charge is -2.05. The molecule has 0 heterocycles. The quantitative estimate of drug-likeness (QED) is 0.631. The van der Waals surface area contributed by atoms with Gasteiger partial charge in [0, 0.05) is 5.56 Å². The average Bonchev–Trinajstić information content (AvgIpc) is 2.46. The molecule has 0 atom stereocenters. The lowest BCUT2D eigenvalue weighted by atomic mass is 10.1. The van der Waals surface area contributed by atoms with E-state index in [1.54, 1.807) is 24.3 Å². The molecule has 0 aliphatic carbocycles. The van der Waals surface area contributed by atoms with Crippen LogP contribution in [0.25, 0.3) is 0 Å². The highest BCUT2D eigenvalue weighted by Crippen LogP contribution is 2.07. The summed E-state index contributed by atoms with van der Waals surface area (Å²) in [5.74, 6) is -0.684. The van der Waals surface area contributed by atoms with E-state index in [2.05, 4.69) is 0 Å². The molecule has 0 unspecified atom stereocenters. The van der Waals surface area contributed by atoms with Gasteiger partial charge < -0.3 is 4.74 Å². The van der Waals surface area contributed by atoms with Crippen LogP contribution in [0.5, 0.6) is 0 Å². The highest BCUT2D eigenvalue weighted by Gasteiger charge is 2.11. The molecule has 0 radical (unpaired) electrons. The third-order valence-electron chi connectivity index (χ3n) is 3.00. The molecule has 0 bridgehead atoms. The summed E-state index contributed by atoms with van der Waals surface area (Å²) in [6.07, 6.45) is 0. The van der Waals surface area contributed by atoms with E-state index in [4.69, 9.17) is 4.74 Å². The van der Waals surface area contributed by atoms with Gasteiger partial charge in [-0.3, -0.25) is 4.79 Å². The van der Waals surface area contributed by atoms with Gasteiger partial charge in [-0.05, 0) is 26.0 Å². The van der Waals surface area contributed by atoms with Gasteiger partial charge in [-0.15, -0.1) is 0 Å². The smallest absolute Gasteiger partial charge is 0.338 e. The second-order valence-corrected chi connectivity index (χ2v) is 4.73. The summed E-state index contributed by atoms with van der Waals surface area (Å²) >= 11 is 0. The summed E-state index contributed by atoms with van der Waals surface area (Å²) < 4.78 is 5.03. The molecular weight excluding hydrogens is 252 g/mol. The summed E-state index contributed by atoms with van der Waals surface area (Å²) in [6.45, 7) is 3.65. The van der Waals surface area contributed by atoms with Gasteiger partial charge in [0.1, 0.15) is 0 Å². The van der Waals surface area contributed by atoms with Crippen molar-refractivity contribution in [2.75, 3.05) is 6.61 Å². The Hall–Kier alpha value is -2.42. The summed E-state index contributed by atoms with van der Waals surface area (Å²) in [7, 11) is 0. The zero-order chi connectivity index (χ0) is 14.5. The Labute approximate surface area is 118 Å². The minimum absolute atomic E-state index is 0.203. The first-order valence-corrected chi connectivity index (χ1v) is 6.40. The standard InChI is InChI=1S/C17H16O3/c1-12-3-7-14(8-4-12)16(18)11-20-17(19)15-9-5-13(2)6-10-15/h3-10H,11H2,1-2H3. The maximum atomic E-state index is 11.9. The fraction of sp³-hybridized carbons (Fsp3) is 0.176. The molecule has 0 spiro atoms. The number of ether oxygens (including phenoxy) is 1. The maximum Gasteiger partial charge on any atom is 0.338 e. The number of aryl methyl sites for hydroxylation is 2. The molecule has 0 aliphatic rings. The Kier molecular flexibility index (Phi) is 4.31. The van der Waals surface area contributed by atoms with E-state index in [0.29, 0.717) is 11.1 Å². The van der Waals surface area contributed by atoms with Crippen molar-refractivity contribution in [2.45, 2.75) is 13.8 Å². The van der Waals surface area contributed by atoms with E-state index in [9.17, 15) is 9.59 Å². The lowest BCUT2D eigenvalue weighted by Crippen LogP contribution is -2.14. The van der Waals surface area contributed by atoms with Gasteiger partial charge in [-0.2, -0.15) is 0 Å². The second kappa shape index (κ2) is 6.15. The van der Waals surface area contributed by atoms with E-state index in [0.717, 1.165) is 11.1 Å². The van der Waals surface area contributed by atoms with Crippen LogP contribution in [0.4, 0.5) is 0 Å². The Morgan fingerprint density at radius 1 is 0.800 bits per heavy atom. The number of ketones is 1. The van der Waals surface area contributed by atoms with Crippen LogP contribution in [-0.4, -0.2) is 18.4 Å². The van der Waals surface area contributed by atoms with Crippen LogP contribution < -0.4 is 0 Å². The van der Waals surface area contributed by atoms with E-state index in [-0.39, 0.29) is 12.4 Å². The van der Waals surface area contributed by atoms with Gasteiger partial charge in [-0.1, -0.05) is 47.5 Å². The molecule has 0 saturated carbocycles. The number of carbonyl (C=O) groups excluding carboxylic acids is 2. The number of rotatable bonds is 4. The molecule has 0 aliphatic heterocycles. The molecule has 20 heavy (non-hydrogen) atoms. The van der Waals surface area contributed by atoms with Crippen LogP contribution in [0.1, 0.15) is 31.8 Å². The van der Waals surface area contributed by atoms with Crippen LogP contribution in [-0.2, 0) is 4.74 Å².